The van der Waals surface area contributed by atoms with Gasteiger partial charge >= 0.3 is 6.03 Å². The van der Waals surface area contributed by atoms with Gasteiger partial charge in [0.2, 0.25) is 0 Å². The molecule has 0 saturated carbocycles. The molecule has 5 heteroatoms. The van der Waals surface area contributed by atoms with Crippen LogP contribution in [-0.2, 0) is 12.8 Å². The zero-order valence-corrected chi connectivity index (χ0v) is 15.8. The molecule has 138 valence electrons. The first-order chi connectivity index (χ1) is 13.1. The lowest BCUT2D eigenvalue weighted by atomic mass is 10.0. The van der Waals surface area contributed by atoms with Gasteiger partial charge in [0, 0.05) is 16.4 Å². The number of benzene rings is 3. The lowest BCUT2D eigenvalue weighted by Crippen LogP contribution is -2.19. The number of amides is 2. The van der Waals surface area contributed by atoms with E-state index in [-0.39, 0.29) is 6.03 Å². The van der Waals surface area contributed by atoms with Crippen LogP contribution in [0.5, 0.6) is 5.75 Å². The summed E-state index contributed by atoms with van der Waals surface area (Å²) < 4.78 is 5.18. The molecular weight excluding hydrogens is 360 g/mol. The second-order valence-electron chi connectivity index (χ2n) is 6.14. The molecule has 3 aromatic rings. The largest absolute Gasteiger partial charge is 0.497 e. The molecule has 0 aliphatic rings. The molecule has 2 amide bonds. The Bertz CT molecular complexity index is 910. The highest BCUT2D eigenvalue weighted by molar-refractivity contribution is 6.30. The maximum absolute atomic E-state index is 12.2. The number of hydrogen-bond acceptors (Lipinski definition) is 2. The number of hydrogen-bond donors (Lipinski definition) is 2. The highest BCUT2D eigenvalue weighted by Crippen LogP contribution is 2.17. The predicted octanol–water partition coefficient (Wildman–Crippen LogP) is 5.78. The number of halogens is 1. The Labute approximate surface area is 164 Å². The van der Waals surface area contributed by atoms with Crippen molar-refractivity contribution in [2.75, 3.05) is 17.7 Å². The quantitative estimate of drug-likeness (QED) is 0.569. The Morgan fingerprint density at radius 1 is 0.852 bits per heavy atom. The zero-order chi connectivity index (χ0) is 19.1. The van der Waals surface area contributed by atoms with Crippen LogP contribution in [0.25, 0.3) is 0 Å². The summed E-state index contributed by atoms with van der Waals surface area (Å²) in [6.45, 7) is 0. The first-order valence-corrected chi connectivity index (χ1v) is 9.05. The lowest BCUT2D eigenvalue weighted by Gasteiger charge is -2.10. The molecule has 27 heavy (non-hydrogen) atoms. The van der Waals surface area contributed by atoms with E-state index in [1.165, 1.54) is 5.56 Å². The average molecular weight is 381 g/mol. The fraction of sp³-hybridized carbons (Fsp3) is 0.136. The van der Waals surface area contributed by atoms with Crippen molar-refractivity contribution in [1.29, 1.82) is 0 Å². The Morgan fingerprint density at radius 2 is 1.48 bits per heavy atom. The Hall–Kier alpha value is -2.98. The van der Waals surface area contributed by atoms with Crippen LogP contribution in [0.3, 0.4) is 0 Å². The van der Waals surface area contributed by atoms with Crippen LogP contribution in [-0.4, -0.2) is 13.1 Å². The van der Waals surface area contributed by atoms with Gasteiger partial charge in [0.1, 0.15) is 5.75 Å². The van der Waals surface area contributed by atoms with Gasteiger partial charge in [-0.3, -0.25) is 0 Å². The SMILES string of the molecule is COc1ccc(CCc2cccc(NC(=O)Nc3cccc(Cl)c3)c2)cc1. The molecule has 3 aromatic carbocycles. The summed E-state index contributed by atoms with van der Waals surface area (Å²) in [5, 5.41) is 6.20. The number of nitrogens with one attached hydrogen (secondary N) is 2. The van der Waals surface area contributed by atoms with E-state index < -0.39 is 0 Å². The predicted molar refractivity (Wildman–Crippen MR) is 111 cm³/mol. The summed E-state index contributed by atoms with van der Waals surface area (Å²) in [6, 6.07) is 22.7. The van der Waals surface area contributed by atoms with Crippen molar-refractivity contribution in [3.05, 3.63) is 88.9 Å². The number of aryl methyl sites for hydroxylation is 2. The number of rotatable bonds is 6. The van der Waals surface area contributed by atoms with Crippen LogP contribution >= 0.6 is 11.6 Å². The molecule has 0 unspecified atom stereocenters. The molecule has 4 nitrogen and oxygen atoms in total. The smallest absolute Gasteiger partial charge is 0.323 e. The summed E-state index contributed by atoms with van der Waals surface area (Å²) in [7, 11) is 1.66. The van der Waals surface area contributed by atoms with E-state index in [4.69, 9.17) is 16.3 Å². The fourth-order valence-electron chi connectivity index (χ4n) is 2.75. The molecule has 0 aliphatic carbocycles. The second kappa shape index (κ2) is 9.10. The third-order valence-corrected chi connectivity index (χ3v) is 4.36. The lowest BCUT2D eigenvalue weighted by molar-refractivity contribution is 0.262. The van der Waals surface area contributed by atoms with E-state index in [1.54, 1.807) is 31.4 Å². The number of methoxy groups -OCH3 is 1. The minimum absolute atomic E-state index is 0.301. The number of anilines is 2. The summed E-state index contributed by atoms with van der Waals surface area (Å²) in [4.78, 5) is 12.2. The van der Waals surface area contributed by atoms with Crippen LogP contribution < -0.4 is 15.4 Å². The van der Waals surface area contributed by atoms with E-state index in [0.717, 1.165) is 29.8 Å². The van der Waals surface area contributed by atoms with Gasteiger partial charge in [-0.2, -0.15) is 0 Å². The van der Waals surface area contributed by atoms with E-state index in [2.05, 4.69) is 28.8 Å². The Kier molecular flexibility index (Phi) is 6.34. The van der Waals surface area contributed by atoms with Crippen molar-refractivity contribution in [3.8, 4) is 5.75 Å². The van der Waals surface area contributed by atoms with Crippen molar-refractivity contribution in [2.45, 2.75) is 12.8 Å². The van der Waals surface area contributed by atoms with E-state index in [0.29, 0.717) is 10.7 Å². The van der Waals surface area contributed by atoms with E-state index in [1.807, 2.05) is 30.3 Å². The molecule has 0 aromatic heterocycles. The minimum Gasteiger partial charge on any atom is -0.497 e. The average Bonchev–Trinajstić information content (AvgIpc) is 2.67. The van der Waals surface area contributed by atoms with E-state index in [9.17, 15) is 4.79 Å². The molecule has 0 spiro atoms. The molecule has 0 atom stereocenters. The minimum atomic E-state index is -0.301. The van der Waals surface area contributed by atoms with Crippen LogP contribution in [0.1, 0.15) is 11.1 Å². The molecule has 0 bridgehead atoms. The van der Waals surface area contributed by atoms with Crippen molar-refractivity contribution < 1.29 is 9.53 Å². The first-order valence-electron chi connectivity index (χ1n) is 8.68. The number of carbonyl (C=O) groups is 1. The highest BCUT2D eigenvalue weighted by Gasteiger charge is 2.04. The van der Waals surface area contributed by atoms with Crippen molar-refractivity contribution in [2.24, 2.45) is 0 Å². The Balaban J connectivity index is 1.57. The topological polar surface area (TPSA) is 50.4 Å². The van der Waals surface area contributed by atoms with Gasteiger partial charge in [0.25, 0.3) is 0 Å². The van der Waals surface area contributed by atoms with Gasteiger partial charge in [-0.25, -0.2) is 4.79 Å². The summed E-state index contributed by atoms with van der Waals surface area (Å²) >= 11 is 5.93. The van der Waals surface area contributed by atoms with Gasteiger partial charge in [0.05, 0.1) is 7.11 Å². The van der Waals surface area contributed by atoms with Crippen LogP contribution in [0.2, 0.25) is 5.02 Å². The summed E-state index contributed by atoms with van der Waals surface area (Å²) in [5.74, 6) is 0.857. The molecule has 0 radical (unpaired) electrons. The van der Waals surface area contributed by atoms with Gasteiger partial charge in [0.15, 0.2) is 0 Å². The van der Waals surface area contributed by atoms with Crippen LogP contribution in [0.15, 0.2) is 72.8 Å². The fourth-order valence-corrected chi connectivity index (χ4v) is 2.94. The molecule has 3 rings (SSSR count). The molecule has 0 aliphatic heterocycles. The van der Waals surface area contributed by atoms with Crippen molar-refractivity contribution >= 4 is 29.0 Å². The van der Waals surface area contributed by atoms with Crippen molar-refractivity contribution in [1.82, 2.24) is 0 Å². The third-order valence-electron chi connectivity index (χ3n) is 4.13. The normalized spacial score (nSPS) is 10.3. The zero-order valence-electron chi connectivity index (χ0n) is 15.0. The Morgan fingerprint density at radius 3 is 2.15 bits per heavy atom. The van der Waals surface area contributed by atoms with Gasteiger partial charge in [-0.1, -0.05) is 41.9 Å². The molecular formula is C22H21ClN2O2. The van der Waals surface area contributed by atoms with E-state index >= 15 is 0 Å². The van der Waals surface area contributed by atoms with Gasteiger partial charge < -0.3 is 15.4 Å². The van der Waals surface area contributed by atoms with Crippen molar-refractivity contribution in [3.63, 3.8) is 0 Å². The summed E-state index contributed by atoms with van der Waals surface area (Å²) in [6.07, 6.45) is 1.81. The number of carbonyl (C=O) groups excluding carboxylic acids is 1. The first kappa shape index (κ1) is 18.8. The number of ether oxygens (including phenoxy) is 1. The van der Waals surface area contributed by atoms with Gasteiger partial charge in [-0.15, -0.1) is 0 Å². The molecule has 0 fully saturated rings. The highest BCUT2D eigenvalue weighted by atomic mass is 35.5. The van der Waals surface area contributed by atoms with Gasteiger partial charge in [-0.05, 0) is 66.4 Å². The molecule has 0 heterocycles. The van der Waals surface area contributed by atoms with Crippen LogP contribution in [0, 0.1) is 0 Å². The van der Waals surface area contributed by atoms with Crippen LogP contribution in [0.4, 0.5) is 16.2 Å². The number of urea groups is 1. The standard InChI is InChI=1S/C22H21ClN2O2/c1-27-21-12-10-16(11-13-21)8-9-17-4-2-6-19(14-17)24-22(26)25-20-7-3-5-18(23)15-20/h2-7,10-15H,8-9H2,1H3,(H2,24,25,26). The second-order valence-corrected chi connectivity index (χ2v) is 6.57. The third kappa shape index (κ3) is 5.76. The summed E-state index contributed by atoms with van der Waals surface area (Å²) in [5.41, 5.74) is 3.80. The monoisotopic (exact) mass is 380 g/mol. The molecule has 0 saturated heterocycles. The maximum Gasteiger partial charge on any atom is 0.323 e. The maximum atomic E-state index is 12.2. The molecule has 2 N–H and O–H groups in total.